The van der Waals surface area contributed by atoms with E-state index in [2.05, 4.69) is 16.4 Å². The minimum absolute atomic E-state index is 0.00463. The van der Waals surface area contributed by atoms with Gasteiger partial charge in [0.25, 0.3) is 0 Å². The molecule has 4 nitrogen and oxygen atoms in total. The Labute approximate surface area is 105 Å². The van der Waals surface area contributed by atoms with Gasteiger partial charge in [0.15, 0.2) is 0 Å². The van der Waals surface area contributed by atoms with Gasteiger partial charge < -0.3 is 9.47 Å². The largest absolute Gasteiger partial charge is 0.469 e. The first-order chi connectivity index (χ1) is 7.99. The van der Waals surface area contributed by atoms with E-state index in [0.717, 1.165) is 12.8 Å². The van der Waals surface area contributed by atoms with Crippen LogP contribution in [0.3, 0.4) is 0 Å². The molecule has 0 bridgehead atoms. The molecule has 0 unspecified atom stereocenters. The fourth-order valence-corrected chi connectivity index (χ4v) is 1.03. The van der Waals surface area contributed by atoms with Gasteiger partial charge in [-0.1, -0.05) is 40.0 Å². The zero-order valence-electron chi connectivity index (χ0n) is 11.7. The summed E-state index contributed by atoms with van der Waals surface area (Å²) in [5.41, 5.74) is 0. The predicted octanol–water partition coefficient (Wildman–Crippen LogP) is 2.95. The Kier molecular flexibility index (Phi) is 14.0. The molecule has 0 atom stereocenters. The van der Waals surface area contributed by atoms with Gasteiger partial charge in [0, 0.05) is 6.42 Å². The first-order valence-corrected chi connectivity index (χ1v) is 6.14. The number of hydrogen-bond donors (Lipinski definition) is 0. The minimum atomic E-state index is -0.153. The Morgan fingerprint density at radius 3 is 1.88 bits per heavy atom. The molecular formula is C13H26O4. The summed E-state index contributed by atoms with van der Waals surface area (Å²) < 4.78 is 8.86. The molecule has 0 amide bonds. The third-order valence-electron chi connectivity index (χ3n) is 2.13. The fraction of sp³-hybridized carbons (Fsp3) is 0.846. The van der Waals surface area contributed by atoms with Crippen LogP contribution in [0.1, 0.15) is 52.9 Å². The molecule has 0 spiro atoms. The second kappa shape index (κ2) is 13.0. The standard InChI is InChI=1S/C8H16O2.C5H10O2/c1-3-4-5-6-7-8(9)10-2;1-4(2)5(6)7-3/h3-7H2,1-2H3;4H,1-3H3. The topological polar surface area (TPSA) is 52.6 Å². The molecule has 0 aliphatic rings. The SMILES string of the molecule is CCCCCCC(=O)OC.COC(=O)C(C)C. The summed E-state index contributed by atoms with van der Waals surface area (Å²) in [6.07, 6.45) is 5.13. The molecule has 0 aliphatic carbocycles. The molecule has 0 radical (unpaired) electrons. The lowest BCUT2D eigenvalue weighted by Crippen LogP contribution is -2.07. The molecule has 0 aromatic rings. The molecule has 0 fully saturated rings. The van der Waals surface area contributed by atoms with E-state index < -0.39 is 0 Å². The number of unbranched alkanes of at least 4 members (excludes halogenated alkanes) is 3. The van der Waals surface area contributed by atoms with Crippen molar-refractivity contribution >= 4 is 11.9 Å². The van der Waals surface area contributed by atoms with E-state index in [1.54, 1.807) is 13.8 Å². The normalized spacial score (nSPS) is 9.29. The number of carbonyl (C=O) groups excluding carboxylic acids is 2. The molecule has 0 heterocycles. The number of rotatable bonds is 6. The molecular weight excluding hydrogens is 220 g/mol. The number of carbonyl (C=O) groups is 2. The van der Waals surface area contributed by atoms with E-state index in [9.17, 15) is 9.59 Å². The quantitative estimate of drug-likeness (QED) is 0.534. The maximum absolute atomic E-state index is 10.6. The van der Waals surface area contributed by atoms with Crippen molar-refractivity contribution in [2.24, 2.45) is 5.92 Å². The van der Waals surface area contributed by atoms with Crippen LogP contribution in [-0.4, -0.2) is 26.2 Å². The van der Waals surface area contributed by atoms with Crippen LogP contribution in [0.15, 0.2) is 0 Å². The van der Waals surface area contributed by atoms with Crippen molar-refractivity contribution in [1.29, 1.82) is 0 Å². The summed E-state index contributed by atoms with van der Waals surface area (Å²) in [6, 6.07) is 0. The van der Waals surface area contributed by atoms with Crippen molar-refractivity contribution in [3.05, 3.63) is 0 Å². The van der Waals surface area contributed by atoms with E-state index in [1.807, 2.05) is 0 Å². The highest BCUT2D eigenvalue weighted by molar-refractivity contribution is 5.71. The zero-order chi connectivity index (χ0) is 13.7. The Hall–Kier alpha value is -1.06. The number of ether oxygens (including phenoxy) is 2. The fourth-order valence-electron chi connectivity index (χ4n) is 1.03. The van der Waals surface area contributed by atoms with Gasteiger partial charge in [-0.3, -0.25) is 9.59 Å². The van der Waals surface area contributed by atoms with Crippen LogP contribution in [0.4, 0.5) is 0 Å². The van der Waals surface area contributed by atoms with Crippen LogP contribution >= 0.6 is 0 Å². The second-order valence-electron chi connectivity index (χ2n) is 4.06. The Morgan fingerprint density at radius 2 is 1.59 bits per heavy atom. The summed E-state index contributed by atoms with van der Waals surface area (Å²) in [5.74, 6) is -0.235. The molecule has 0 rings (SSSR count). The van der Waals surface area contributed by atoms with Crippen molar-refractivity contribution in [3.8, 4) is 0 Å². The van der Waals surface area contributed by atoms with Gasteiger partial charge in [-0.15, -0.1) is 0 Å². The maximum atomic E-state index is 10.6. The highest BCUT2D eigenvalue weighted by atomic mass is 16.5. The smallest absolute Gasteiger partial charge is 0.308 e. The van der Waals surface area contributed by atoms with Gasteiger partial charge in [-0.2, -0.15) is 0 Å². The Morgan fingerprint density at radius 1 is 1.00 bits per heavy atom. The number of hydrogen-bond acceptors (Lipinski definition) is 4. The molecule has 17 heavy (non-hydrogen) atoms. The molecule has 0 N–H and O–H groups in total. The Balaban J connectivity index is 0. The van der Waals surface area contributed by atoms with Crippen molar-refractivity contribution in [1.82, 2.24) is 0 Å². The summed E-state index contributed by atoms with van der Waals surface area (Å²) in [6.45, 7) is 5.75. The van der Waals surface area contributed by atoms with Crippen LogP contribution in [0.2, 0.25) is 0 Å². The number of methoxy groups -OCH3 is 2. The van der Waals surface area contributed by atoms with Crippen molar-refractivity contribution in [2.75, 3.05) is 14.2 Å². The zero-order valence-corrected chi connectivity index (χ0v) is 11.7. The molecule has 0 aliphatic heterocycles. The van der Waals surface area contributed by atoms with E-state index in [4.69, 9.17) is 0 Å². The highest BCUT2D eigenvalue weighted by Crippen LogP contribution is 2.02. The third kappa shape index (κ3) is 14.9. The van der Waals surface area contributed by atoms with Gasteiger partial charge in [-0.05, 0) is 6.42 Å². The van der Waals surface area contributed by atoms with Crippen molar-refractivity contribution in [3.63, 3.8) is 0 Å². The Bertz CT molecular complexity index is 200. The lowest BCUT2D eigenvalue weighted by atomic mass is 10.2. The number of esters is 2. The maximum Gasteiger partial charge on any atom is 0.308 e. The van der Waals surface area contributed by atoms with Crippen LogP contribution in [-0.2, 0) is 19.1 Å². The molecule has 0 aromatic carbocycles. The summed E-state index contributed by atoms with van der Waals surface area (Å²) in [7, 11) is 2.82. The van der Waals surface area contributed by atoms with Gasteiger partial charge in [-0.25, -0.2) is 0 Å². The molecule has 0 saturated carbocycles. The van der Waals surface area contributed by atoms with Crippen LogP contribution < -0.4 is 0 Å². The van der Waals surface area contributed by atoms with E-state index in [-0.39, 0.29) is 17.9 Å². The van der Waals surface area contributed by atoms with Crippen LogP contribution in [0.5, 0.6) is 0 Å². The summed E-state index contributed by atoms with van der Waals surface area (Å²) in [4.78, 5) is 20.8. The van der Waals surface area contributed by atoms with Gasteiger partial charge in [0.2, 0.25) is 0 Å². The van der Waals surface area contributed by atoms with Crippen LogP contribution in [0, 0.1) is 5.92 Å². The molecule has 102 valence electrons. The molecule has 4 heteroatoms. The third-order valence-corrected chi connectivity index (χ3v) is 2.13. The van der Waals surface area contributed by atoms with E-state index in [1.165, 1.54) is 27.1 Å². The molecule has 0 saturated heterocycles. The van der Waals surface area contributed by atoms with Crippen molar-refractivity contribution < 1.29 is 19.1 Å². The monoisotopic (exact) mass is 246 g/mol. The molecule has 0 aromatic heterocycles. The van der Waals surface area contributed by atoms with Gasteiger partial charge in [0.05, 0.1) is 20.1 Å². The first kappa shape index (κ1) is 18.3. The highest BCUT2D eigenvalue weighted by Gasteiger charge is 2.03. The first-order valence-electron chi connectivity index (χ1n) is 6.14. The lowest BCUT2D eigenvalue weighted by Gasteiger charge is -1.97. The predicted molar refractivity (Wildman–Crippen MR) is 67.6 cm³/mol. The van der Waals surface area contributed by atoms with Gasteiger partial charge >= 0.3 is 11.9 Å². The van der Waals surface area contributed by atoms with E-state index in [0.29, 0.717) is 6.42 Å². The minimum Gasteiger partial charge on any atom is -0.469 e. The summed E-state index contributed by atoms with van der Waals surface area (Å²) in [5, 5.41) is 0. The lowest BCUT2D eigenvalue weighted by molar-refractivity contribution is -0.144. The summed E-state index contributed by atoms with van der Waals surface area (Å²) >= 11 is 0. The second-order valence-corrected chi connectivity index (χ2v) is 4.06. The average molecular weight is 246 g/mol. The van der Waals surface area contributed by atoms with Gasteiger partial charge in [0.1, 0.15) is 0 Å². The van der Waals surface area contributed by atoms with E-state index >= 15 is 0 Å². The van der Waals surface area contributed by atoms with Crippen molar-refractivity contribution in [2.45, 2.75) is 52.9 Å². The average Bonchev–Trinajstić information content (AvgIpc) is 2.33. The van der Waals surface area contributed by atoms with Crippen LogP contribution in [0.25, 0.3) is 0 Å².